The fourth-order valence-corrected chi connectivity index (χ4v) is 2.00. The van der Waals surface area contributed by atoms with Gasteiger partial charge in [-0.3, -0.25) is 4.79 Å². The van der Waals surface area contributed by atoms with Crippen LogP contribution in [0.3, 0.4) is 0 Å². The Bertz CT molecular complexity index is 391. The number of rotatable bonds is 13. The van der Waals surface area contributed by atoms with Crippen molar-refractivity contribution < 1.29 is 55.1 Å². The van der Waals surface area contributed by atoms with Crippen molar-refractivity contribution in [3.63, 3.8) is 0 Å². The van der Waals surface area contributed by atoms with E-state index in [9.17, 15) is 14.7 Å². The predicted molar refractivity (Wildman–Crippen MR) is 89.3 cm³/mol. The second kappa shape index (κ2) is 13.1. The molecule has 0 N–H and O–H groups in total. The molecule has 4 unspecified atom stereocenters. The summed E-state index contributed by atoms with van der Waals surface area (Å²) in [5, 5.41) is 11.8. The third-order valence-corrected chi connectivity index (χ3v) is 4.28. The van der Waals surface area contributed by atoms with E-state index >= 15 is 0 Å². The van der Waals surface area contributed by atoms with Crippen LogP contribution in [0.25, 0.3) is 0 Å². The molecule has 0 saturated carbocycles. The summed E-state index contributed by atoms with van der Waals surface area (Å²) in [6.45, 7) is 12.6. The minimum Gasteiger partial charge on any atom is -0.546 e. The van der Waals surface area contributed by atoms with Crippen LogP contribution in [-0.4, -0.2) is 42.0 Å². The predicted octanol–water partition coefficient (Wildman–Crippen LogP) is 2.22. The Kier molecular flexibility index (Phi) is 14.2. The summed E-state index contributed by atoms with van der Waals surface area (Å²) < 4.78 is 16.9. The molecule has 0 saturated heterocycles. The number of hydrogen-bond acceptors (Lipinski definition) is 6. The fraction of sp³-hybridized carbons (Fsp3) is 0.889. The second-order valence-corrected chi connectivity index (χ2v) is 6.21. The molecule has 0 fully saturated rings. The topological polar surface area (TPSA) is 84.9 Å². The number of carbonyl (C=O) groups is 2. The van der Waals surface area contributed by atoms with E-state index in [4.69, 9.17) is 14.2 Å². The molecule has 7 heteroatoms. The van der Waals surface area contributed by atoms with Gasteiger partial charge in [-0.15, -0.1) is 0 Å². The van der Waals surface area contributed by atoms with Gasteiger partial charge < -0.3 is 24.1 Å². The number of hydrogen-bond donors (Lipinski definition) is 0. The van der Waals surface area contributed by atoms with Crippen LogP contribution >= 0.6 is 0 Å². The van der Waals surface area contributed by atoms with Crippen molar-refractivity contribution in [2.24, 2.45) is 0 Å². The van der Waals surface area contributed by atoms with Gasteiger partial charge in [0, 0.05) is 0 Å². The zero-order valence-electron chi connectivity index (χ0n) is 16.6. The van der Waals surface area contributed by atoms with Crippen LogP contribution < -0.4 is 5.11 Å². The standard InChI is InChI=1S/C18H34O6.Zr/c1-8-12(5)22-16(23-13(6)9-2)15(19)18(11-4,17(20)21)24-14(7)10-3;/h12-14,16H,8-11H2,1-7H3,(H,20,21);/q;+1/p-1. The average molecular weight is 437 g/mol. The molecule has 0 aliphatic heterocycles. The molecule has 4 atom stereocenters. The average Bonchev–Trinajstić information content (AvgIpc) is 2.57. The molecule has 6 nitrogen and oxygen atoms in total. The van der Waals surface area contributed by atoms with Gasteiger partial charge in [0.2, 0.25) is 12.1 Å². The minimum absolute atomic E-state index is 0. The molecule has 0 aliphatic carbocycles. The van der Waals surface area contributed by atoms with Crippen molar-refractivity contribution in [2.75, 3.05) is 0 Å². The third-order valence-electron chi connectivity index (χ3n) is 4.28. The largest absolute Gasteiger partial charge is 1.00 e. The third kappa shape index (κ3) is 7.98. The molecule has 0 rings (SSSR count). The molecular formula is C18H33O6Zr. The number of ether oxygens (including phenoxy) is 3. The fourth-order valence-electron chi connectivity index (χ4n) is 2.00. The Morgan fingerprint density at radius 3 is 1.56 bits per heavy atom. The molecule has 0 aromatic rings. The van der Waals surface area contributed by atoms with Gasteiger partial charge in [-0.05, 0) is 46.5 Å². The van der Waals surface area contributed by atoms with Crippen molar-refractivity contribution in [1.82, 2.24) is 0 Å². The van der Waals surface area contributed by atoms with E-state index in [1.807, 2.05) is 34.6 Å². The molecule has 0 aliphatic rings. The first-order valence-corrected chi connectivity index (χ1v) is 8.92. The van der Waals surface area contributed by atoms with E-state index in [-0.39, 0.29) is 44.8 Å². The van der Waals surface area contributed by atoms with Crippen molar-refractivity contribution in [3.05, 3.63) is 0 Å². The second-order valence-electron chi connectivity index (χ2n) is 6.21. The molecule has 0 aromatic carbocycles. The van der Waals surface area contributed by atoms with E-state index < -0.39 is 29.7 Å². The number of carboxylic acid groups (broad SMARTS) is 1. The molecule has 25 heavy (non-hydrogen) atoms. The SMILES string of the molecule is CCC(C)OC(OC(C)CC)C(=O)C(CC)(OC(C)CC)C(=O)[O-].[Zr+]. The number of ketones is 1. The van der Waals surface area contributed by atoms with Gasteiger partial charge in [0.05, 0.1) is 24.3 Å². The Labute approximate surface area is 171 Å². The maximum Gasteiger partial charge on any atom is 1.00 e. The molecule has 0 amide bonds. The molecule has 145 valence electrons. The number of aliphatic carboxylic acids is 1. The van der Waals surface area contributed by atoms with Crippen LogP contribution in [0, 0.1) is 0 Å². The molecule has 0 bridgehead atoms. The summed E-state index contributed by atoms with van der Waals surface area (Å²) >= 11 is 0. The number of carboxylic acids is 1. The Balaban J connectivity index is 0. The van der Waals surface area contributed by atoms with Gasteiger partial charge in [-0.1, -0.05) is 27.7 Å². The molecule has 0 heterocycles. The van der Waals surface area contributed by atoms with Crippen molar-refractivity contribution >= 4 is 11.8 Å². The van der Waals surface area contributed by atoms with Crippen LogP contribution in [0.15, 0.2) is 0 Å². The van der Waals surface area contributed by atoms with Crippen LogP contribution in [0.5, 0.6) is 0 Å². The maximum absolute atomic E-state index is 13.0. The zero-order valence-corrected chi connectivity index (χ0v) is 19.0. The molecule has 0 spiro atoms. The van der Waals surface area contributed by atoms with E-state index in [0.717, 1.165) is 0 Å². The first kappa shape index (κ1) is 27.1. The van der Waals surface area contributed by atoms with Gasteiger partial charge in [0.25, 0.3) is 0 Å². The summed E-state index contributed by atoms with van der Waals surface area (Å²) in [6, 6.07) is 0. The first-order valence-electron chi connectivity index (χ1n) is 8.92. The summed E-state index contributed by atoms with van der Waals surface area (Å²) in [5.41, 5.74) is -2.07. The normalized spacial score (nSPS) is 18.4. The number of Topliss-reactive ketones (excluding diaryl/α,β-unsaturated/α-hetero) is 1. The maximum atomic E-state index is 13.0. The van der Waals surface area contributed by atoms with Gasteiger partial charge in [-0.25, -0.2) is 0 Å². The summed E-state index contributed by atoms with van der Waals surface area (Å²) in [5.74, 6) is -2.30. The van der Waals surface area contributed by atoms with E-state index in [0.29, 0.717) is 19.3 Å². The van der Waals surface area contributed by atoms with E-state index in [2.05, 4.69) is 0 Å². The van der Waals surface area contributed by atoms with Crippen LogP contribution in [0.2, 0.25) is 0 Å². The van der Waals surface area contributed by atoms with Gasteiger partial charge >= 0.3 is 26.2 Å². The zero-order chi connectivity index (χ0) is 18.9. The molecule has 1 radical (unpaired) electrons. The van der Waals surface area contributed by atoms with Crippen molar-refractivity contribution in [3.8, 4) is 0 Å². The van der Waals surface area contributed by atoms with Crippen LogP contribution in [0.1, 0.15) is 74.1 Å². The van der Waals surface area contributed by atoms with Crippen LogP contribution in [0.4, 0.5) is 0 Å². The summed E-state index contributed by atoms with van der Waals surface area (Å²) in [4.78, 5) is 24.8. The van der Waals surface area contributed by atoms with Crippen LogP contribution in [-0.2, 0) is 50.0 Å². The van der Waals surface area contributed by atoms with E-state index in [1.54, 1.807) is 13.8 Å². The first-order chi connectivity index (χ1) is 11.2. The molecular weight excluding hydrogens is 403 g/mol. The van der Waals surface area contributed by atoms with E-state index in [1.165, 1.54) is 0 Å². The Morgan fingerprint density at radius 2 is 1.28 bits per heavy atom. The van der Waals surface area contributed by atoms with Gasteiger partial charge in [0.15, 0.2) is 5.60 Å². The summed E-state index contributed by atoms with van der Waals surface area (Å²) in [7, 11) is 0. The monoisotopic (exact) mass is 435 g/mol. The minimum atomic E-state index is -2.07. The Morgan fingerprint density at radius 1 is 0.880 bits per heavy atom. The van der Waals surface area contributed by atoms with Gasteiger partial charge in [0.1, 0.15) is 0 Å². The summed E-state index contributed by atoms with van der Waals surface area (Å²) in [6.07, 6.45) is -0.328. The Hall–Kier alpha value is -0.0969. The van der Waals surface area contributed by atoms with Gasteiger partial charge in [-0.2, -0.15) is 0 Å². The quantitative estimate of drug-likeness (QED) is 0.325. The smallest absolute Gasteiger partial charge is 0.546 e. The molecule has 0 aromatic heterocycles. The van der Waals surface area contributed by atoms with Crippen molar-refractivity contribution in [2.45, 2.75) is 104 Å². The number of carbonyl (C=O) groups excluding carboxylic acids is 2. The van der Waals surface area contributed by atoms with Crippen molar-refractivity contribution in [1.29, 1.82) is 0 Å².